The predicted molar refractivity (Wildman–Crippen MR) is 261 cm³/mol. The van der Waals surface area contributed by atoms with Gasteiger partial charge in [0, 0.05) is 55.3 Å². The van der Waals surface area contributed by atoms with E-state index in [0.29, 0.717) is 64.0 Å². The minimum atomic E-state index is -5.29. The van der Waals surface area contributed by atoms with Crippen LogP contribution in [0.25, 0.3) is 0 Å². The van der Waals surface area contributed by atoms with E-state index in [-0.39, 0.29) is 6.42 Å². The largest absolute Gasteiger partial charge is 0.471 e. The molecule has 4 aromatic carbocycles. The number of likely N-dealkylation sites (N-methyl/N-ethyl adjacent to an activating group) is 2. The summed E-state index contributed by atoms with van der Waals surface area (Å²) in [6.45, 7) is 5.33. The smallest absolute Gasteiger partial charge is 0.444 e. The maximum absolute atomic E-state index is 14.9. The number of rotatable bonds is 16. The predicted octanol–water partition coefficient (Wildman–Crippen LogP) is 10.4. The van der Waals surface area contributed by atoms with Gasteiger partial charge >= 0.3 is 18.1 Å². The van der Waals surface area contributed by atoms with Crippen molar-refractivity contribution >= 4 is 41.2 Å². The van der Waals surface area contributed by atoms with Gasteiger partial charge < -0.3 is 24.8 Å². The second kappa shape index (κ2) is 23.3. The van der Waals surface area contributed by atoms with Crippen LogP contribution >= 0.6 is 11.6 Å². The van der Waals surface area contributed by atoms with Gasteiger partial charge in [-0.1, -0.05) is 167 Å². The lowest BCUT2D eigenvalue weighted by atomic mass is 9.78. The molecule has 2 fully saturated rings. The monoisotopic (exact) mass is 970 g/mol. The van der Waals surface area contributed by atoms with Crippen LogP contribution in [0.15, 0.2) is 109 Å². The lowest BCUT2D eigenvalue weighted by Crippen LogP contribution is -2.65. The van der Waals surface area contributed by atoms with E-state index in [1.54, 1.807) is 67.3 Å². The molecule has 0 bridgehead atoms. The van der Waals surface area contributed by atoms with E-state index >= 15 is 0 Å². The molecule has 1 N–H and O–H groups in total. The maximum atomic E-state index is 14.9. The topological polar surface area (TPSA) is 116 Å². The maximum Gasteiger partial charge on any atom is 0.471 e. The molecule has 0 radical (unpaired) electrons. The number of carbonyl (C=O) groups excluding carboxylic acids is 5. The van der Waals surface area contributed by atoms with E-state index in [2.05, 4.69) is 17.4 Å². The molecule has 2 aliphatic rings. The first kappa shape index (κ1) is 52.7. The van der Waals surface area contributed by atoms with Gasteiger partial charge in [-0.25, -0.2) is 0 Å². The molecule has 1 aliphatic carbocycles. The van der Waals surface area contributed by atoms with Crippen LogP contribution in [0.1, 0.15) is 125 Å². The highest BCUT2D eigenvalue weighted by Gasteiger charge is 2.52. The molecule has 0 aromatic heterocycles. The Morgan fingerprint density at radius 1 is 0.725 bits per heavy atom. The molecule has 1 saturated heterocycles. The van der Waals surface area contributed by atoms with Gasteiger partial charge in [-0.15, -0.1) is 0 Å². The third-order valence-electron chi connectivity index (χ3n) is 14.0. The number of amides is 4. The third kappa shape index (κ3) is 12.4. The SMILES string of the molecule is CC(C)[C@@H](C(=O)N[C@@H](CC(=O)OC(c1ccccc1)(c1ccc(C2CCCCCCCC2)cc1)c1ccccc1Cl)C(=O)N1CCCC1)N(C)C(=O)[C@](C)(Cc1ccccc1)N(C)C(=O)C(F)(F)F. The average molecular weight is 972 g/mol. The Kier molecular flexibility index (Phi) is 17.8. The van der Waals surface area contributed by atoms with E-state index in [1.807, 2.05) is 48.5 Å². The van der Waals surface area contributed by atoms with Crippen LogP contribution in [-0.4, -0.2) is 95.3 Å². The quantitative estimate of drug-likeness (QED) is 0.0883. The summed E-state index contributed by atoms with van der Waals surface area (Å²) in [5.74, 6) is -5.61. The summed E-state index contributed by atoms with van der Waals surface area (Å²) in [6, 6.07) is 30.0. The summed E-state index contributed by atoms with van der Waals surface area (Å²) in [5.41, 5.74) is -0.337. The van der Waals surface area contributed by atoms with Crippen molar-refractivity contribution in [2.24, 2.45) is 5.92 Å². The summed E-state index contributed by atoms with van der Waals surface area (Å²) < 4.78 is 48.7. The molecule has 1 saturated carbocycles. The van der Waals surface area contributed by atoms with E-state index in [9.17, 15) is 37.1 Å². The van der Waals surface area contributed by atoms with Gasteiger partial charge in [-0.2, -0.15) is 13.2 Å². The Labute approximate surface area is 409 Å². The van der Waals surface area contributed by atoms with Crippen LogP contribution in [0.3, 0.4) is 0 Å². The van der Waals surface area contributed by atoms with E-state index in [1.165, 1.54) is 45.2 Å². The molecule has 0 spiro atoms. The third-order valence-corrected chi connectivity index (χ3v) is 14.4. The van der Waals surface area contributed by atoms with Crippen LogP contribution in [0.4, 0.5) is 13.2 Å². The summed E-state index contributed by atoms with van der Waals surface area (Å²) in [7, 11) is 2.20. The zero-order valence-corrected chi connectivity index (χ0v) is 41.2. The number of esters is 1. The van der Waals surface area contributed by atoms with Gasteiger partial charge in [0.2, 0.25) is 17.7 Å². The fourth-order valence-corrected chi connectivity index (χ4v) is 10.5. The van der Waals surface area contributed by atoms with Crippen LogP contribution in [0.5, 0.6) is 0 Å². The molecule has 10 nitrogen and oxygen atoms in total. The van der Waals surface area contributed by atoms with Crippen molar-refractivity contribution in [2.45, 2.75) is 133 Å². The molecular weight excluding hydrogens is 905 g/mol. The number of likely N-dealkylation sites (tertiary alicyclic amines) is 1. The highest BCUT2D eigenvalue weighted by Crippen LogP contribution is 2.45. The van der Waals surface area contributed by atoms with Crippen LogP contribution in [0, 0.1) is 5.92 Å². The second-order valence-corrected chi connectivity index (χ2v) is 19.6. The Hall–Kier alpha value is -5.69. The Bertz CT molecular complexity index is 2370. The summed E-state index contributed by atoms with van der Waals surface area (Å²) in [5, 5.41) is 3.12. The first-order valence-corrected chi connectivity index (χ1v) is 24.6. The lowest BCUT2D eigenvalue weighted by Gasteiger charge is -2.43. The van der Waals surface area contributed by atoms with Gasteiger partial charge in [0.15, 0.2) is 5.60 Å². The van der Waals surface area contributed by atoms with E-state index < -0.39 is 71.3 Å². The van der Waals surface area contributed by atoms with Crippen molar-refractivity contribution < 1.29 is 41.9 Å². The van der Waals surface area contributed by atoms with Crippen molar-refractivity contribution in [1.29, 1.82) is 0 Å². The first-order chi connectivity index (χ1) is 32.9. The van der Waals surface area contributed by atoms with Crippen molar-refractivity contribution in [3.8, 4) is 0 Å². The zero-order valence-electron chi connectivity index (χ0n) is 40.4. The molecule has 6 rings (SSSR count). The minimum Gasteiger partial charge on any atom is -0.444 e. The normalized spacial score (nSPS) is 17.5. The van der Waals surface area contributed by atoms with E-state index in [0.717, 1.165) is 37.6 Å². The number of carbonyl (C=O) groups is 5. The number of nitrogens with zero attached hydrogens (tertiary/aromatic N) is 3. The molecule has 1 unspecified atom stereocenters. The van der Waals surface area contributed by atoms with Crippen LogP contribution < -0.4 is 5.32 Å². The van der Waals surface area contributed by atoms with Crippen molar-refractivity contribution in [1.82, 2.24) is 20.0 Å². The molecule has 69 heavy (non-hydrogen) atoms. The molecule has 4 atom stereocenters. The van der Waals surface area contributed by atoms with E-state index in [4.69, 9.17) is 16.3 Å². The molecule has 14 heteroatoms. The fourth-order valence-electron chi connectivity index (χ4n) is 10.2. The fraction of sp³-hybridized carbons (Fsp3) is 0.473. The molecular formula is C55H66ClF3N4O6. The number of hydrogen-bond acceptors (Lipinski definition) is 6. The number of ether oxygens (including phenoxy) is 1. The standard InChI is InChI=1S/C55H66ClF3N4O6/c1-38(2)48(61(4)51(67)53(3,37-39-22-12-10-13-23-39)62(5)52(68)55(57,58)59)49(65)60-46(50(66)63-34-20-21-35-63)36-47(64)69-54(42-26-16-11-17-27-42,44-28-18-19-29-45(44)56)43-32-30-41(31-33-43)40-24-14-8-6-7-9-15-25-40/h10-13,16-19,22-23,26-33,38,40,46,48H,6-9,14-15,20-21,24-25,34-37H2,1-5H3,(H,60,65)/t46-,48-,53-,54?/m0/s1. The lowest BCUT2D eigenvalue weighted by molar-refractivity contribution is -0.191. The molecule has 1 aliphatic heterocycles. The van der Waals surface area contributed by atoms with Crippen LogP contribution in [0.2, 0.25) is 5.02 Å². The second-order valence-electron chi connectivity index (χ2n) is 19.2. The molecule has 4 aromatic rings. The zero-order chi connectivity index (χ0) is 49.9. The molecule has 370 valence electrons. The first-order valence-electron chi connectivity index (χ1n) is 24.3. The van der Waals surface area contributed by atoms with Gasteiger partial charge in [0.25, 0.3) is 0 Å². The van der Waals surface area contributed by atoms with Gasteiger partial charge in [-0.3, -0.25) is 24.0 Å². The number of nitrogens with one attached hydrogen (secondary N) is 1. The molecule has 4 amide bonds. The summed E-state index contributed by atoms with van der Waals surface area (Å²) >= 11 is 7.04. The number of alkyl halides is 3. The van der Waals surface area contributed by atoms with Gasteiger partial charge in [-0.05, 0) is 61.6 Å². The number of benzene rings is 4. The van der Waals surface area contributed by atoms with Gasteiger partial charge in [0.05, 0.1) is 6.42 Å². The average Bonchev–Trinajstić information content (AvgIpc) is 3.92. The summed E-state index contributed by atoms with van der Waals surface area (Å²) in [6.07, 6.45) is 4.63. The number of halogens is 4. The van der Waals surface area contributed by atoms with Crippen molar-refractivity contribution in [3.05, 3.63) is 142 Å². The highest BCUT2D eigenvalue weighted by atomic mass is 35.5. The van der Waals surface area contributed by atoms with Crippen LogP contribution in [-0.2, 0) is 40.7 Å². The Morgan fingerprint density at radius 3 is 1.83 bits per heavy atom. The summed E-state index contributed by atoms with van der Waals surface area (Å²) in [4.78, 5) is 74.5. The highest BCUT2D eigenvalue weighted by molar-refractivity contribution is 6.31. The number of hydrogen-bond donors (Lipinski definition) is 1. The van der Waals surface area contributed by atoms with Crippen molar-refractivity contribution in [2.75, 3.05) is 27.2 Å². The van der Waals surface area contributed by atoms with Crippen molar-refractivity contribution in [3.63, 3.8) is 0 Å². The van der Waals surface area contributed by atoms with Gasteiger partial charge in [0.1, 0.15) is 17.6 Å². The Balaban J connectivity index is 1.36. The molecule has 1 heterocycles. The minimum absolute atomic E-state index is 0.304. The Morgan fingerprint density at radius 2 is 1.26 bits per heavy atom.